The van der Waals surface area contributed by atoms with Crippen LogP contribution in [0.5, 0.6) is 5.75 Å². The molecule has 0 spiro atoms. The van der Waals surface area contributed by atoms with Crippen LogP contribution in [0.15, 0.2) is 36.7 Å². The minimum Gasteiger partial charge on any atom is -0.490 e. The zero-order valence-electron chi connectivity index (χ0n) is 14.4. The van der Waals surface area contributed by atoms with E-state index in [0.717, 1.165) is 0 Å². The number of halogens is 3. The first-order valence-electron chi connectivity index (χ1n) is 8.27. The molecule has 1 aliphatic rings. The van der Waals surface area contributed by atoms with Gasteiger partial charge in [0.25, 0.3) is 0 Å². The molecule has 2 atom stereocenters. The molecular formula is C19H18F3N3O. The number of rotatable bonds is 4. The first-order chi connectivity index (χ1) is 12.3. The molecule has 0 radical (unpaired) electrons. The van der Waals surface area contributed by atoms with E-state index in [2.05, 4.69) is 4.98 Å². The molecule has 0 fully saturated rings. The van der Waals surface area contributed by atoms with Crippen LogP contribution in [0.25, 0.3) is 0 Å². The molecule has 0 saturated heterocycles. The molecule has 1 aliphatic heterocycles. The molecule has 1 aromatic carbocycles. The number of benzene rings is 1. The summed E-state index contributed by atoms with van der Waals surface area (Å²) in [5.74, 6) is 0.613. The molecule has 0 saturated carbocycles. The van der Waals surface area contributed by atoms with Crippen molar-refractivity contribution in [3.8, 4) is 11.8 Å². The number of ether oxygens (including phenoxy) is 1. The van der Waals surface area contributed by atoms with Gasteiger partial charge in [-0.2, -0.15) is 18.4 Å². The Morgan fingerprint density at radius 3 is 2.77 bits per heavy atom. The number of pyridine rings is 1. The summed E-state index contributed by atoms with van der Waals surface area (Å²) in [6.07, 6.45) is -1.08. The molecule has 4 nitrogen and oxygen atoms in total. The maximum atomic E-state index is 13.5. The second-order valence-corrected chi connectivity index (χ2v) is 6.40. The molecule has 2 heterocycles. The molecule has 7 heteroatoms. The molecular weight excluding hydrogens is 343 g/mol. The third-order valence-electron chi connectivity index (χ3n) is 4.55. The van der Waals surface area contributed by atoms with E-state index in [9.17, 15) is 13.2 Å². The smallest absolute Gasteiger partial charge is 0.418 e. The molecule has 136 valence electrons. The monoisotopic (exact) mass is 361 g/mol. The molecule has 3 rings (SSSR count). The van der Waals surface area contributed by atoms with Gasteiger partial charge < -0.3 is 9.64 Å². The van der Waals surface area contributed by atoms with Crippen molar-refractivity contribution >= 4 is 5.69 Å². The van der Waals surface area contributed by atoms with Crippen molar-refractivity contribution in [2.45, 2.75) is 38.5 Å². The van der Waals surface area contributed by atoms with Crippen molar-refractivity contribution in [3.63, 3.8) is 0 Å². The second kappa shape index (κ2) is 6.87. The topological polar surface area (TPSA) is 49.2 Å². The van der Waals surface area contributed by atoms with Crippen molar-refractivity contribution in [2.24, 2.45) is 0 Å². The van der Waals surface area contributed by atoms with Gasteiger partial charge in [-0.1, -0.05) is 0 Å². The second-order valence-electron chi connectivity index (χ2n) is 6.40. The third kappa shape index (κ3) is 3.32. The fourth-order valence-corrected chi connectivity index (χ4v) is 3.53. The van der Waals surface area contributed by atoms with E-state index in [1.165, 1.54) is 6.07 Å². The van der Waals surface area contributed by atoms with Crippen LogP contribution in [0.4, 0.5) is 18.9 Å². The van der Waals surface area contributed by atoms with Crippen molar-refractivity contribution in [1.82, 2.24) is 4.98 Å². The van der Waals surface area contributed by atoms with E-state index >= 15 is 0 Å². The number of hydrogen-bond acceptors (Lipinski definition) is 4. The Bertz CT molecular complexity index is 830. The van der Waals surface area contributed by atoms with E-state index in [1.807, 2.05) is 18.7 Å². The van der Waals surface area contributed by atoms with Gasteiger partial charge in [0.1, 0.15) is 12.4 Å². The summed E-state index contributed by atoms with van der Waals surface area (Å²) in [6, 6.07) is 7.80. The summed E-state index contributed by atoms with van der Waals surface area (Å²) in [6.45, 7) is 4.11. The van der Waals surface area contributed by atoms with Crippen LogP contribution < -0.4 is 9.64 Å². The average molecular weight is 361 g/mol. The zero-order valence-corrected chi connectivity index (χ0v) is 14.4. The van der Waals surface area contributed by atoms with Crippen LogP contribution in [0.3, 0.4) is 0 Å². The van der Waals surface area contributed by atoms with Crippen LogP contribution in [0, 0.1) is 11.3 Å². The van der Waals surface area contributed by atoms with Gasteiger partial charge in [0.2, 0.25) is 0 Å². The van der Waals surface area contributed by atoms with Crippen molar-refractivity contribution in [3.05, 3.63) is 53.3 Å². The number of nitrogens with zero attached hydrogens (tertiary/aromatic N) is 3. The summed E-state index contributed by atoms with van der Waals surface area (Å²) < 4.78 is 46.2. The molecule has 0 bridgehead atoms. The van der Waals surface area contributed by atoms with E-state index < -0.39 is 11.7 Å². The van der Waals surface area contributed by atoms with E-state index in [0.29, 0.717) is 18.0 Å². The van der Waals surface area contributed by atoms with Gasteiger partial charge in [-0.25, -0.2) is 0 Å². The Labute approximate surface area is 149 Å². The summed E-state index contributed by atoms with van der Waals surface area (Å²) in [5, 5.41) is 9.07. The third-order valence-corrected chi connectivity index (χ3v) is 4.55. The molecule has 1 unspecified atom stereocenters. The molecule has 0 amide bonds. The van der Waals surface area contributed by atoms with Gasteiger partial charge in [-0.05, 0) is 50.1 Å². The van der Waals surface area contributed by atoms with Crippen molar-refractivity contribution in [1.29, 1.82) is 5.26 Å². The van der Waals surface area contributed by atoms with Gasteiger partial charge >= 0.3 is 6.18 Å². The van der Waals surface area contributed by atoms with Gasteiger partial charge in [-0.3, -0.25) is 4.98 Å². The largest absolute Gasteiger partial charge is 0.490 e. The lowest BCUT2D eigenvalue weighted by atomic mass is 9.98. The number of fused-ring (bicyclic) bond motifs is 1. The number of alkyl halides is 3. The summed E-state index contributed by atoms with van der Waals surface area (Å²) >= 11 is 0. The zero-order chi connectivity index (χ0) is 18.9. The lowest BCUT2D eigenvalue weighted by molar-refractivity contribution is -0.138. The molecule has 0 aliphatic carbocycles. The van der Waals surface area contributed by atoms with Crippen LogP contribution in [0.2, 0.25) is 0 Å². The quantitative estimate of drug-likeness (QED) is 0.819. The van der Waals surface area contributed by atoms with E-state index in [-0.39, 0.29) is 29.6 Å². The maximum absolute atomic E-state index is 13.5. The highest BCUT2D eigenvalue weighted by molar-refractivity contribution is 5.66. The fraction of sp³-hybridized carbons (Fsp3) is 0.368. The Balaban J connectivity index is 1.89. The van der Waals surface area contributed by atoms with Crippen molar-refractivity contribution in [2.75, 3.05) is 11.5 Å². The summed E-state index contributed by atoms with van der Waals surface area (Å²) in [4.78, 5) is 5.91. The molecule has 2 aromatic rings. The van der Waals surface area contributed by atoms with E-state index in [1.54, 1.807) is 36.7 Å². The standard InChI is InChI=1S/C19H18F3N3O/c1-12-8-16-17(6-5-14(9-23)18(16)19(20,21)22)25(12)13(2)11-26-15-4-3-7-24-10-15/h3-7,10,12-13H,8,11H2,1-2H3/t12?,13-/m1/s1. The van der Waals surface area contributed by atoms with Crippen LogP contribution in [-0.4, -0.2) is 23.7 Å². The highest BCUT2D eigenvalue weighted by atomic mass is 19.4. The lowest BCUT2D eigenvalue weighted by Gasteiger charge is -2.31. The Hall–Kier alpha value is -2.75. The van der Waals surface area contributed by atoms with Crippen molar-refractivity contribution < 1.29 is 17.9 Å². The van der Waals surface area contributed by atoms with Gasteiger partial charge in [0.15, 0.2) is 0 Å². The molecule has 0 N–H and O–H groups in total. The van der Waals surface area contributed by atoms with Crippen LogP contribution in [-0.2, 0) is 12.6 Å². The minimum absolute atomic E-state index is 0.118. The SMILES string of the molecule is CC1Cc2c(ccc(C#N)c2C(F)(F)F)N1[C@H](C)COc1cccnc1. The van der Waals surface area contributed by atoms with E-state index in [4.69, 9.17) is 10.00 Å². The van der Waals surface area contributed by atoms with Crippen LogP contribution >= 0.6 is 0 Å². The predicted molar refractivity (Wildman–Crippen MR) is 91.0 cm³/mol. The predicted octanol–water partition coefficient (Wildman–Crippen LogP) is 4.19. The fourth-order valence-electron chi connectivity index (χ4n) is 3.53. The Morgan fingerprint density at radius 2 is 2.15 bits per heavy atom. The minimum atomic E-state index is -4.55. The van der Waals surface area contributed by atoms with Gasteiger partial charge in [0.05, 0.1) is 29.4 Å². The Kier molecular flexibility index (Phi) is 4.77. The number of anilines is 1. The van der Waals surface area contributed by atoms with Crippen LogP contribution in [0.1, 0.15) is 30.5 Å². The number of aromatic nitrogens is 1. The number of hydrogen-bond donors (Lipinski definition) is 0. The van der Waals surface area contributed by atoms with Gasteiger partial charge in [-0.15, -0.1) is 0 Å². The summed E-state index contributed by atoms with van der Waals surface area (Å²) in [5.41, 5.74) is -0.430. The first kappa shape index (κ1) is 18.1. The van der Waals surface area contributed by atoms with Gasteiger partial charge in [0, 0.05) is 17.9 Å². The first-order valence-corrected chi connectivity index (χ1v) is 8.27. The Morgan fingerprint density at radius 1 is 1.38 bits per heavy atom. The highest BCUT2D eigenvalue weighted by Gasteiger charge is 2.42. The normalized spacial score (nSPS) is 17.5. The number of nitriles is 1. The summed E-state index contributed by atoms with van der Waals surface area (Å²) in [7, 11) is 0. The highest BCUT2D eigenvalue weighted by Crippen LogP contribution is 2.44. The molecule has 26 heavy (non-hydrogen) atoms. The average Bonchev–Trinajstić information content (AvgIpc) is 2.94. The lowest BCUT2D eigenvalue weighted by Crippen LogP contribution is -2.41. The molecule has 1 aromatic heterocycles. The maximum Gasteiger partial charge on any atom is 0.418 e.